The number of hydrogen-bond donors (Lipinski definition) is 2. The smallest absolute Gasteiger partial charge is 0.428 e. The summed E-state index contributed by atoms with van der Waals surface area (Å²) in [6, 6.07) is 6.97. The van der Waals surface area contributed by atoms with Crippen molar-refractivity contribution in [3.8, 4) is 6.07 Å². The summed E-state index contributed by atoms with van der Waals surface area (Å²) < 4.78 is 19.9. The number of hydrogen-bond acceptors (Lipinski definition) is 5. The molecule has 0 saturated heterocycles. The number of carbonyl (C=O) groups is 1. The zero-order valence-corrected chi connectivity index (χ0v) is 17.2. The Morgan fingerprint density at radius 3 is 2.70 bits per heavy atom. The van der Waals surface area contributed by atoms with Gasteiger partial charge in [0, 0.05) is 11.6 Å². The number of nitrogens with one attached hydrogen (secondary N) is 1. The van der Waals surface area contributed by atoms with Gasteiger partial charge in [0.15, 0.2) is 5.60 Å². The quantitative estimate of drug-likeness (QED) is 0.713. The van der Waals surface area contributed by atoms with Crippen LogP contribution in [0.15, 0.2) is 27.8 Å². The van der Waals surface area contributed by atoms with E-state index in [2.05, 4.69) is 32.5 Å². The minimum absolute atomic E-state index is 0. The van der Waals surface area contributed by atoms with Crippen LogP contribution in [0.1, 0.15) is 44.6 Å². The molecule has 1 aromatic carbocycles. The molecule has 3 rings (SSSR count). The van der Waals surface area contributed by atoms with Crippen molar-refractivity contribution in [1.82, 2.24) is 5.43 Å². The Morgan fingerprint density at radius 2 is 2.11 bits per heavy atom. The normalized spacial score (nSPS) is 28.3. The highest BCUT2D eigenvalue weighted by molar-refractivity contribution is 9.10. The van der Waals surface area contributed by atoms with Crippen LogP contribution < -0.4 is 11.2 Å². The summed E-state index contributed by atoms with van der Waals surface area (Å²) in [5.41, 5.74) is 7.71. The fourth-order valence-corrected chi connectivity index (χ4v) is 4.35. The van der Waals surface area contributed by atoms with E-state index in [1.807, 2.05) is 6.92 Å². The topological polar surface area (TPSA) is 101 Å². The molecule has 1 aromatic rings. The van der Waals surface area contributed by atoms with Crippen molar-refractivity contribution in [3.05, 3.63) is 34.1 Å². The van der Waals surface area contributed by atoms with Gasteiger partial charge in [-0.25, -0.2) is 14.6 Å². The van der Waals surface area contributed by atoms with Crippen LogP contribution in [0.5, 0.6) is 0 Å². The van der Waals surface area contributed by atoms with Crippen LogP contribution in [0.4, 0.5) is 9.18 Å². The predicted octanol–water partition coefficient (Wildman–Crippen LogP) is 4.01. The Hall–Kier alpha value is -1.69. The fraction of sp³-hybridized carbons (Fsp3) is 0.500. The zero-order chi connectivity index (χ0) is 18.9. The Labute approximate surface area is 171 Å². The number of hydrazone groups is 1. The molecule has 1 fully saturated rings. The van der Waals surface area contributed by atoms with Crippen LogP contribution in [0, 0.1) is 22.6 Å². The van der Waals surface area contributed by atoms with E-state index in [1.54, 1.807) is 12.1 Å². The fourth-order valence-electron chi connectivity index (χ4n) is 3.89. The lowest BCUT2D eigenvalue weighted by atomic mass is 9.65. The van der Waals surface area contributed by atoms with E-state index in [0.717, 1.165) is 0 Å². The molecule has 9 heteroatoms. The second-order valence-electron chi connectivity index (χ2n) is 7.13. The van der Waals surface area contributed by atoms with Gasteiger partial charge in [-0.3, -0.25) is 0 Å². The average Bonchev–Trinajstić information content (AvgIpc) is 2.60. The van der Waals surface area contributed by atoms with Gasteiger partial charge in [0.1, 0.15) is 11.5 Å². The first-order valence-corrected chi connectivity index (χ1v) is 9.28. The molecular weight excluding hydrogens is 439 g/mol. The van der Waals surface area contributed by atoms with E-state index < -0.39 is 22.9 Å². The highest BCUT2D eigenvalue weighted by Gasteiger charge is 2.51. The highest BCUT2D eigenvalue weighted by atomic mass is 79.9. The van der Waals surface area contributed by atoms with E-state index in [0.29, 0.717) is 43.4 Å². The monoisotopic (exact) mass is 458 g/mol. The zero-order valence-electron chi connectivity index (χ0n) is 14.8. The third-order valence-electron chi connectivity index (χ3n) is 5.15. The van der Waals surface area contributed by atoms with Crippen molar-refractivity contribution >= 4 is 40.1 Å². The van der Waals surface area contributed by atoms with Gasteiger partial charge in [0.05, 0.1) is 16.0 Å². The van der Waals surface area contributed by atoms with Crippen LogP contribution in [-0.4, -0.2) is 23.4 Å². The molecule has 1 atom stereocenters. The molecule has 1 aliphatic carbocycles. The number of carbonyl (C=O) groups excluding carboxylic acids is 1. The molecule has 0 radical (unpaired) electrons. The Morgan fingerprint density at radius 1 is 1.44 bits per heavy atom. The van der Waals surface area contributed by atoms with Gasteiger partial charge < -0.3 is 10.5 Å². The van der Waals surface area contributed by atoms with E-state index in [1.165, 1.54) is 6.07 Å². The number of amides is 1. The molecule has 2 aliphatic rings. The lowest BCUT2D eigenvalue weighted by Crippen LogP contribution is -2.54. The molecule has 146 valence electrons. The molecule has 1 saturated carbocycles. The number of halogens is 3. The van der Waals surface area contributed by atoms with Crippen molar-refractivity contribution in [1.29, 1.82) is 5.26 Å². The first-order valence-electron chi connectivity index (χ1n) is 8.49. The summed E-state index contributed by atoms with van der Waals surface area (Å²) in [4.78, 5) is 11.9. The summed E-state index contributed by atoms with van der Waals surface area (Å²) >= 11 is 3.26. The van der Waals surface area contributed by atoms with Gasteiger partial charge in [-0.15, -0.1) is 12.4 Å². The maximum atomic E-state index is 14.0. The summed E-state index contributed by atoms with van der Waals surface area (Å²) in [7, 11) is 0. The molecule has 6 nitrogen and oxygen atoms in total. The molecule has 1 spiro atoms. The number of nitriles is 1. The number of nitrogens with two attached hydrogens (primary N) is 1. The standard InChI is InChI=1S/C18H20BrFN4O2.ClH/c1-11(22)9-17(10-21)5-7-18(8-6-17)15(23-24-16(25)26-18)12-3-2-4-13(20)14(12)19;/h2-4,11H,5-9,22H2,1H3,(H,24,25);1H. The van der Waals surface area contributed by atoms with Crippen molar-refractivity contribution in [2.45, 2.75) is 50.7 Å². The number of nitrogens with zero attached hydrogens (tertiary/aromatic N) is 2. The summed E-state index contributed by atoms with van der Waals surface area (Å²) in [6.07, 6.45) is 1.87. The lowest BCUT2D eigenvalue weighted by molar-refractivity contribution is 0.00417. The SMILES string of the molecule is CC(N)CC1(C#N)CCC2(CC1)OC(=O)NN=C2c1cccc(F)c1Br.Cl. The summed E-state index contributed by atoms with van der Waals surface area (Å²) in [5.74, 6) is -0.420. The average molecular weight is 460 g/mol. The van der Waals surface area contributed by atoms with E-state index in [4.69, 9.17) is 10.5 Å². The van der Waals surface area contributed by atoms with Gasteiger partial charge in [-0.1, -0.05) is 12.1 Å². The third kappa shape index (κ3) is 4.10. The number of rotatable bonds is 3. The van der Waals surface area contributed by atoms with Gasteiger partial charge in [0.25, 0.3) is 0 Å². The molecule has 0 bridgehead atoms. The number of ether oxygens (including phenoxy) is 1. The molecule has 27 heavy (non-hydrogen) atoms. The summed E-state index contributed by atoms with van der Waals surface area (Å²) in [6.45, 7) is 1.88. The largest absolute Gasteiger partial charge is 0.435 e. The first kappa shape index (κ1) is 21.6. The minimum Gasteiger partial charge on any atom is -0.435 e. The van der Waals surface area contributed by atoms with E-state index >= 15 is 0 Å². The van der Waals surface area contributed by atoms with Crippen molar-refractivity contribution in [2.24, 2.45) is 16.3 Å². The Balaban J connectivity index is 0.00000261. The van der Waals surface area contributed by atoms with Gasteiger partial charge >= 0.3 is 6.09 Å². The third-order valence-corrected chi connectivity index (χ3v) is 5.96. The second kappa shape index (κ2) is 8.13. The van der Waals surface area contributed by atoms with Crippen molar-refractivity contribution in [3.63, 3.8) is 0 Å². The van der Waals surface area contributed by atoms with E-state index in [-0.39, 0.29) is 22.9 Å². The van der Waals surface area contributed by atoms with Crippen molar-refractivity contribution in [2.75, 3.05) is 0 Å². The lowest BCUT2D eigenvalue weighted by Gasteiger charge is -2.45. The molecule has 1 unspecified atom stereocenters. The Bertz CT molecular complexity index is 801. The highest BCUT2D eigenvalue weighted by Crippen LogP contribution is 2.47. The molecule has 3 N–H and O–H groups in total. The molecule has 0 aromatic heterocycles. The van der Waals surface area contributed by atoms with Crippen LogP contribution in [0.2, 0.25) is 0 Å². The van der Waals surface area contributed by atoms with Crippen LogP contribution in [0.25, 0.3) is 0 Å². The van der Waals surface area contributed by atoms with Crippen LogP contribution >= 0.6 is 28.3 Å². The second-order valence-corrected chi connectivity index (χ2v) is 7.92. The summed E-state index contributed by atoms with van der Waals surface area (Å²) in [5, 5.41) is 13.9. The maximum absolute atomic E-state index is 14.0. The number of benzene rings is 1. The maximum Gasteiger partial charge on any atom is 0.428 e. The van der Waals surface area contributed by atoms with Crippen LogP contribution in [-0.2, 0) is 4.74 Å². The molecule has 1 aliphatic heterocycles. The Kier molecular flexibility index (Phi) is 6.51. The van der Waals surface area contributed by atoms with Gasteiger partial charge in [0.2, 0.25) is 0 Å². The molecule has 1 amide bonds. The van der Waals surface area contributed by atoms with Gasteiger partial charge in [-0.05, 0) is 61.0 Å². The molecular formula is C18H21BrClFN4O2. The van der Waals surface area contributed by atoms with Crippen molar-refractivity contribution < 1.29 is 13.9 Å². The minimum atomic E-state index is -0.975. The van der Waals surface area contributed by atoms with Crippen LogP contribution in [0.3, 0.4) is 0 Å². The van der Waals surface area contributed by atoms with Gasteiger partial charge in [-0.2, -0.15) is 10.4 Å². The van der Waals surface area contributed by atoms with E-state index in [9.17, 15) is 14.4 Å². The predicted molar refractivity (Wildman–Crippen MR) is 105 cm³/mol. The first-order chi connectivity index (χ1) is 12.3. The molecule has 1 heterocycles.